The van der Waals surface area contributed by atoms with Crippen molar-refractivity contribution in [3.05, 3.63) is 29.3 Å². The second-order valence-electron chi connectivity index (χ2n) is 4.72. The van der Waals surface area contributed by atoms with Crippen LogP contribution in [-0.4, -0.2) is 15.0 Å². The number of halogens is 1. The quantitative estimate of drug-likeness (QED) is 0.793. The fraction of sp³-hybridized carbons (Fsp3) is 0.571. The number of benzene rings is 1. The first-order valence-electron chi connectivity index (χ1n) is 6.74. The lowest BCUT2D eigenvalue weighted by Gasteiger charge is -2.15. The van der Waals surface area contributed by atoms with Crippen LogP contribution >= 0.6 is 11.6 Å². The maximum Gasteiger partial charge on any atom is 0.240 e. The average Bonchev–Trinajstić information content (AvgIpc) is 2.39. The minimum absolute atomic E-state index is 0.266. The molecule has 0 saturated carbocycles. The van der Waals surface area contributed by atoms with Crippen molar-refractivity contribution in [3.63, 3.8) is 0 Å². The number of sulfonamides is 1. The van der Waals surface area contributed by atoms with E-state index in [1.807, 2.05) is 0 Å². The van der Waals surface area contributed by atoms with E-state index >= 15 is 0 Å². The molecule has 1 rings (SSSR count). The fourth-order valence-electron chi connectivity index (χ4n) is 1.87. The third-order valence-corrected chi connectivity index (χ3v) is 4.92. The summed E-state index contributed by atoms with van der Waals surface area (Å²) in [7, 11) is -3.42. The van der Waals surface area contributed by atoms with Gasteiger partial charge in [-0.15, -0.1) is 0 Å². The molecule has 1 aromatic rings. The molecule has 0 fully saturated rings. The van der Waals surface area contributed by atoms with Crippen LogP contribution < -0.4 is 4.72 Å². The summed E-state index contributed by atoms with van der Waals surface area (Å²) >= 11 is 5.75. The minimum Gasteiger partial charge on any atom is -0.211 e. The zero-order valence-corrected chi connectivity index (χ0v) is 13.1. The molecule has 3 nitrogen and oxygen atoms in total. The van der Waals surface area contributed by atoms with E-state index in [9.17, 15) is 8.42 Å². The third kappa shape index (κ3) is 5.51. The van der Waals surface area contributed by atoms with E-state index in [1.165, 1.54) is 12.1 Å². The summed E-state index contributed by atoms with van der Waals surface area (Å²) in [6.07, 6.45) is 4.33. The van der Waals surface area contributed by atoms with Crippen LogP contribution in [0, 0.1) is 5.92 Å². The van der Waals surface area contributed by atoms with Crippen LogP contribution in [0.25, 0.3) is 0 Å². The normalized spacial score (nSPS) is 13.4. The van der Waals surface area contributed by atoms with Crippen molar-refractivity contribution in [2.75, 3.05) is 6.54 Å². The Kier molecular flexibility index (Phi) is 6.83. The molecule has 0 bridgehead atoms. The molecule has 0 aliphatic heterocycles. The first kappa shape index (κ1) is 16.5. The van der Waals surface area contributed by atoms with Crippen molar-refractivity contribution in [2.45, 2.75) is 44.4 Å². The highest BCUT2D eigenvalue weighted by atomic mass is 35.5. The van der Waals surface area contributed by atoms with Crippen LogP contribution in [0.3, 0.4) is 0 Å². The lowest BCUT2D eigenvalue weighted by molar-refractivity contribution is 0.444. The molecule has 0 unspecified atom stereocenters. The van der Waals surface area contributed by atoms with Crippen molar-refractivity contribution in [3.8, 4) is 0 Å². The van der Waals surface area contributed by atoms with Gasteiger partial charge in [0, 0.05) is 11.6 Å². The van der Waals surface area contributed by atoms with E-state index < -0.39 is 10.0 Å². The monoisotopic (exact) mass is 303 g/mol. The van der Waals surface area contributed by atoms with E-state index in [1.54, 1.807) is 12.1 Å². The van der Waals surface area contributed by atoms with Crippen LogP contribution in [0.1, 0.15) is 39.5 Å². The van der Waals surface area contributed by atoms with Gasteiger partial charge in [0.25, 0.3) is 0 Å². The molecule has 0 radical (unpaired) electrons. The van der Waals surface area contributed by atoms with Gasteiger partial charge in [-0.3, -0.25) is 0 Å². The number of nitrogens with one attached hydrogen (secondary N) is 1. The van der Waals surface area contributed by atoms with E-state index in [-0.39, 0.29) is 4.90 Å². The Morgan fingerprint density at radius 1 is 1.21 bits per heavy atom. The van der Waals surface area contributed by atoms with Gasteiger partial charge in [-0.05, 0) is 36.6 Å². The van der Waals surface area contributed by atoms with Crippen molar-refractivity contribution in [1.29, 1.82) is 0 Å². The Bertz CT molecular complexity index is 471. The molecule has 0 spiro atoms. The molecule has 0 saturated heterocycles. The molecule has 0 aromatic heterocycles. The van der Waals surface area contributed by atoms with Gasteiger partial charge in [0.05, 0.1) is 4.90 Å². The SMILES string of the molecule is CCCC[C@@H](CC)CNS(=O)(=O)c1ccc(Cl)cc1. The second kappa shape index (κ2) is 7.88. The summed E-state index contributed by atoms with van der Waals surface area (Å²) in [6, 6.07) is 6.23. The summed E-state index contributed by atoms with van der Waals surface area (Å²) in [4.78, 5) is 0.266. The molecular formula is C14H22ClNO2S. The maximum atomic E-state index is 12.1. The third-order valence-electron chi connectivity index (χ3n) is 3.23. The largest absolute Gasteiger partial charge is 0.240 e. The van der Waals surface area contributed by atoms with Crippen molar-refractivity contribution >= 4 is 21.6 Å². The average molecular weight is 304 g/mol. The second-order valence-corrected chi connectivity index (χ2v) is 6.93. The van der Waals surface area contributed by atoms with Gasteiger partial charge in [0.15, 0.2) is 0 Å². The molecule has 1 aromatic carbocycles. The van der Waals surface area contributed by atoms with E-state index in [4.69, 9.17) is 11.6 Å². The Labute approximate surface area is 121 Å². The van der Waals surface area contributed by atoms with Crippen LogP contribution in [0.2, 0.25) is 5.02 Å². The smallest absolute Gasteiger partial charge is 0.211 e. The number of hydrogen-bond donors (Lipinski definition) is 1. The molecule has 108 valence electrons. The standard InChI is InChI=1S/C14H22ClNO2S/c1-3-5-6-12(4-2)11-16-19(17,18)14-9-7-13(15)8-10-14/h7-10,12,16H,3-6,11H2,1-2H3/t12-/m1/s1. The van der Waals surface area contributed by atoms with E-state index in [0.717, 1.165) is 25.7 Å². The van der Waals surface area contributed by atoms with Gasteiger partial charge >= 0.3 is 0 Å². The highest BCUT2D eigenvalue weighted by Gasteiger charge is 2.15. The van der Waals surface area contributed by atoms with Crippen molar-refractivity contribution in [2.24, 2.45) is 5.92 Å². The predicted molar refractivity (Wildman–Crippen MR) is 79.9 cm³/mol. The fourth-order valence-corrected chi connectivity index (χ4v) is 3.11. The van der Waals surface area contributed by atoms with Gasteiger partial charge < -0.3 is 0 Å². The number of hydrogen-bond acceptors (Lipinski definition) is 2. The molecule has 0 heterocycles. The van der Waals surface area contributed by atoms with Gasteiger partial charge in [-0.1, -0.05) is 44.7 Å². The molecule has 0 aliphatic rings. The molecule has 0 amide bonds. The lowest BCUT2D eigenvalue weighted by atomic mass is 10.00. The zero-order valence-electron chi connectivity index (χ0n) is 11.5. The van der Waals surface area contributed by atoms with Crippen molar-refractivity contribution < 1.29 is 8.42 Å². The first-order valence-corrected chi connectivity index (χ1v) is 8.61. The Morgan fingerprint density at radius 3 is 2.37 bits per heavy atom. The number of rotatable bonds is 8. The van der Waals surface area contributed by atoms with Gasteiger partial charge in [-0.2, -0.15) is 0 Å². The maximum absolute atomic E-state index is 12.1. The Morgan fingerprint density at radius 2 is 1.84 bits per heavy atom. The topological polar surface area (TPSA) is 46.2 Å². The molecule has 0 aliphatic carbocycles. The van der Waals surface area contributed by atoms with Crippen LogP contribution in [0.4, 0.5) is 0 Å². The minimum atomic E-state index is -3.42. The molecule has 19 heavy (non-hydrogen) atoms. The van der Waals surface area contributed by atoms with Crippen LogP contribution in [0.5, 0.6) is 0 Å². The molecule has 5 heteroatoms. The summed E-state index contributed by atoms with van der Waals surface area (Å²) in [5.41, 5.74) is 0. The summed E-state index contributed by atoms with van der Waals surface area (Å²) in [5, 5.41) is 0.535. The Hall–Kier alpha value is -0.580. The molecule has 1 N–H and O–H groups in total. The Balaban J connectivity index is 2.61. The summed E-state index contributed by atoms with van der Waals surface area (Å²) < 4.78 is 26.9. The highest BCUT2D eigenvalue weighted by molar-refractivity contribution is 7.89. The van der Waals surface area contributed by atoms with Crippen LogP contribution in [-0.2, 0) is 10.0 Å². The van der Waals surface area contributed by atoms with E-state index in [0.29, 0.717) is 17.5 Å². The van der Waals surface area contributed by atoms with Crippen LogP contribution in [0.15, 0.2) is 29.2 Å². The van der Waals surface area contributed by atoms with Gasteiger partial charge in [0.2, 0.25) is 10.0 Å². The highest BCUT2D eigenvalue weighted by Crippen LogP contribution is 2.16. The summed E-state index contributed by atoms with van der Waals surface area (Å²) in [6.45, 7) is 4.74. The van der Waals surface area contributed by atoms with Crippen molar-refractivity contribution in [1.82, 2.24) is 4.72 Å². The summed E-state index contributed by atoms with van der Waals surface area (Å²) in [5.74, 6) is 0.405. The van der Waals surface area contributed by atoms with E-state index in [2.05, 4.69) is 18.6 Å². The zero-order chi connectivity index (χ0) is 14.3. The first-order chi connectivity index (χ1) is 8.99. The molecular weight excluding hydrogens is 282 g/mol. The lowest BCUT2D eigenvalue weighted by Crippen LogP contribution is -2.29. The molecule has 1 atom stereocenters. The van der Waals surface area contributed by atoms with Gasteiger partial charge in [0.1, 0.15) is 0 Å². The number of unbranched alkanes of at least 4 members (excludes halogenated alkanes) is 1. The van der Waals surface area contributed by atoms with Gasteiger partial charge in [-0.25, -0.2) is 13.1 Å². The predicted octanol–water partition coefficient (Wildman–Crippen LogP) is 3.83.